The molecule has 0 aliphatic rings. The molecular formula is C12H12N2O2. The van der Waals surface area contributed by atoms with Crippen molar-refractivity contribution in [2.75, 3.05) is 0 Å². The van der Waals surface area contributed by atoms with Crippen molar-refractivity contribution in [1.29, 1.82) is 0 Å². The maximum absolute atomic E-state index is 10.8. The van der Waals surface area contributed by atoms with Gasteiger partial charge < -0.3 is 10.1 Å². The minimum Gasteiger partial charge on any atom is -0.480 e. The van der Waals surface area contributed by atoms with Gasteiger partial charge in [0.05, 0.1) is 0 Å². The first kappa shape index (κ1) is 10.4. The van der Waals surface area contributed by atoms with Gasteiger partial charge in [-0.25, -0.2) is 4.79 Å². The Kier molecular flexibility index (Phi) is 2.72. The van der Waals surface area contributed by atoms with Gasteiger partial charge in [-0.05, 0) is 18.3 Å². The van der Waals surface area contributed by atoms with E-state index < -0.39 is 12.0 Å². The summed E-state index contributed by atoms with van der Waals surface area (Å²) in [6.45, 7) is 3.30. The van der Waals surface area contributed by atoms with Crippen LogP contribution in [-0.4, -0.2) is 28.8 Å². The van der Waals surface area contributed by atoms with E-state index in [1.807, 2.05) is 30.5 Å². The SMILES string of the molecule is C=NC(Cc1c[nH]c2ccccc12)C(=O)O. The lowest BCUT2D eigenvalue weighted by Crippen LogP contribution is -2.19. The van der Waals surface area contributed by atoms with E-state index in [4.69, 9.17) is 5.11 Å². The Morgan fingerprint density at radius 1 is 1.50 bits per heavy atom. The summed E-state index contributed by atoms with van der Waals surface area (Å²) in [6.07, 6.45) is 2.19. The van der Waals surface area contributed by atoms with E-state index in [2.05, 4.69) is 16.7 Å². The van der Waals surface area contributed by atoms with Crippen molar-refractivity contribution in [3.8, 4) is 0 Å². The minimum atomic E-state index is -0.944. The lowest BCUT2D eigenvalue weighted by Gasteiger charge is -2.05. The molecule has 0 bridgehead atoms. The van der Waals surface area contributed by atoms with Gasteiger partial charge in [-0.15, -0.1) is 0 Å². The van der Waals surface area contributed by atoms with E-state index in [1.54, 1.807) is 0 Å². The highest BCUT2D eigenvalue weighted by Crippen LogP contribution is 2.19. The van der Waals surface area contributed by atoms with Crippen LogP contribution in [0.4, 0.5) is 0 Å². The van der Waals surface area contributed by atoms with E-state index in [-0.39, 0.29) is 0 Å². The zero-order chi connectivity index (χ0) is 11.5. The van der Waals surface area contributed by atoms with Crippen LogP contribution in [0.15, 0.2) is 35.5 Å². The first-order valence-electron chi connectivity index (χ1n) is 4.96. The molecule has 0 saturated carbocycles. The van der Waals surface area contributed by atoms with Crippen LogP contribution in [0.2, 0.25) is 0 Å². The van der Waals surface area contributed by atoms with Crippen LogP contribution < -0.4 is 0 Å². The predicted molar refractivity (Wildman–Crippen MR) is 63.0 cm³/mol. The molecule has 16 heavy (non-hydrogen) atoms. The first-order valence-corrected chi connectivity index (χ1v) is 4.96. The summed E-state index contributed by atoms with van der Waals surface area (Å²) in [5.41, 5.74) is 1.96. The van der Waals surface area contributed by atoms with Crippen molar-refractivity contribution in [1.82, 2.24) is 4.98 Å². The Morgan fingerprint density at radius 3 is 2.94 bits per heavy atom. The molecule has 1 heterocycles. The molecule has 2 aromatic rings. The summed E-state index contributed by atoms with van der Waals surface area (Å²) in [4.78, 5) is 17.6. The summed E-state index contributed by atoms with van der Waals surface area (Å²) >= 11 is 0. The van der Waals surface area contributed by atoms with Crippen molar-refractivity contribution in [3.63, 3.8) is 0 Å². The number of aromatic nitrogens is 1. The molecule has 82 valence electrons. The second-order valence-corrected chi connectivity index (χ2v) is 3.60. The molecule has 0 aliphatic heterocycles. The second-order valence-electron chi connectivity index (χ2n) is 3.60. The van der Waals surface area contributed by atoms with Crippen molar-refractivity contribution < 1.29 is 9.90 Å². The minimum absolute atomic E-state index is 0.364. The monoisotopic (exact) mass is 216 g/mol. The third-order valence-electron chi connectivity index (χ3n) is 2.59. The zero-order valence-electron chi connectivity index (χ0n) is 8.68. The van der Waals surface area contributed by atoms with Crippen LogP contribution in [0.25, 0.3) is 10.9 Å². The molecule has 1 aromatic heterocycles. The van der Waals surface area contributed by atoms with Crippen LogP contribution in [-0.2, 0) is 11.2 Å². The summed E-state index contributed by atoms with van der Waals surface area (Å²) in [7, 11) is 0. The van der Waals surface area contributed by atoms with Crippen LogP contribution >= 0.6 is 0 Å². The largest absolute Gasteiger partial charge is 0.480 e. The molecule has 1 atom stereocenters. The summed E-state index contributed by atoms with van der Waals surface area (Å²) in [5.74, 6) is -0.944. The van der Waals surface area contributed by atoms with E-state index in [0.29, 0.717) is 6.42 Å². The summed E-state index contributed by atoms with van der Waals surface area (Å²) in [5, 5.41) is 9.94. The number of nitrogens with zero attached hydrogens (tertiary/aromatic N) is 1. The number of rotatable bonds is 4. The second kappa shape index (κ2) is 4.18. The molecule has 1 unspecified atom stereocenters. The third-order valence-corrected chi connectivity index (χ3v) is 2.59. The maximum Gasteiger partial charge on any atom is 0.328 e. The molecule has 4 heteroatoms. The number of hydrogen-bond acceptors (Lipinski definition) is 2. The fourth-order valence-corrected chi connectivity index (χ4v) is 1.74. The van der Waals surface area contributed by atoms with Crippen molar-refractivity contribution >= 4 is 23.6 Å². The number of carbonyl (C=O) groups is 1. The number of benzene rings is 1. The van der Waals surface area contributed by atoms with Crippen molar-refractivity contribution in [2.24, 2.45) is 4.99 Å². The average Bonchev–Trinajstić information content (AvgIpc) is 2.69. The number of nitrogens with one attached hydrogen (secondary N) is 1. The van der Waals surface area contributed by atoms with Crippen LogP contribution in [0.1, 0.15) is 5.56 Å². The maximum atomic E-state index is 10.8. The van der Waals surface area contributed by atoms with Crippen molar-refractivity contribution in [2.45, 2.75) is 12.5 Å². The third kappa shape index (κ3) is 1.82. The number of fused-ring (bicyclic) bond motifs is 1. The highest BCUT2D eigenvalue weighted by Gasteiger charge is 2.17. The Labute approximate surface area is 92.6 Å². The smallest absolute Gasteiger partial charge is 0.328 e. The Hall–Kier alpha value is -2.10. The fourth-order valence-electron chi connectivity index (χ4n) is 1.74. The van der Waals surface area contributed by atoms with Crippen LogP contribution in [0.3, 0.4) is 0 Å². The summed E-state index contributed by atoms with van der Waals surface area (Å²) in [6, 6.07) is 7.00. The Balaban J connectivity index is 2.34. The standard InChI is InChI=1S/C12H12N2O2/c1-13-11(12(15)16)6-8-7-14-10-5-3-2-4-9(8)10/h2-5,7,11,14H,1,6H2,(H,15,16). The lowest BCUT2D eigenvalue weighted by molar-refractivity contribution is -0.138. The number of para-hydroxylation sites is 1. The first-order chi connectivity index (χ1) is 7.72. The molecule has 1 aromatic carbocycles. The fraction of sp³-hybridized carbons (Fsp3) is 0.167. The van der Waals surface area contributed by atoms with Gasteiger partial charge in [-0.3, -0.25) is 4.99 Å². The van der Waals surface area contributed by atoms with Crippen LogP contribution in [0.5, 0.6) is 0 Å². The van der Waals surface area contributed by atoms with E-state index >= 15 is 0 Å². The molecule has 0 fully saturated rings. The highest BCUT2D eigenvalue weighted by molar-refractivity contribution is 5.84. The van der Waals surface area contributed by atoms with Gasteiger partial charge in [0.25, 0.3) is 0 Å². The molecular weight excluding hydrogens is 204 g/mol. The Morgan fingerprint density at radius 2 is 2.25 bits per heavy atom. The number of hydrogen-bond donors (Lipinski definition) is 2. The van der Waals surface area contributed by atoms with Gasteiger partial charge in [-0.1, -0.05) is 18.2 Å². The van der Waals surface area contributed by atoms with Gasteiger partial charge >= 0.3 is 5.97 Å². The van der Waals surface area contributed by atoms with Crippen molar-refractivity contribution in [3.05, 3.63) is 36.0 Å². The molecule has 0 radical (unpaired) electrons. The number of H-pyrrole nitrogens is 1. The van der Waals surface area contributed by atoms with Gasteiger partial charge in [0, 0.05) is 23.5 Å². The van der Waals surface area contributed by atoms with Gasteiger partial charge in [0.2, 0.25) is 0 Å². The average molecular weight is 216 g/mol. The van der Waals surface area contributed by atoms with E-state index in [1.165, 1.54) is 0 Å². The number of aliphatic carboxylic acids is 1. The van der Waals surface area contributed by atoms with E-state index in [9.17, 15) is 4.79 Å². The number of aromatic amines is 1. The molecule has 2 rings (SSSR count). The molecule has 4 nitrogen and oxygen atoms in total. The van der Waals surface area contributed by atoms with E-state index in [0.717, 1.165) is 16.5 Å². The Bertz CT molecular complexity index is 531. The molecule has 2 N–H and O–H groups in total. The number of aliphatic imine (C=N–C) groups is 1. The van der Waals surface area contributed by atoms with Crippen LogP contribution in [0, 0.1) is 0 Å². The number of carboxylic acid groups (broad SMARTS) is 1. The zero-order valence-corrected chi connectivity index (χ0v) is 8.68. The number of carboxylic acids is 1. The van der Waals surface area contributed by atoms with Gasteiger partial charge in [0.15, 0.2) is 6.04 Å². The molecule has 0 amide bonds. The van der Waals surface area contributed by atoms with Gasteiger partial charge in [-0.2, -0.15) is 0 Å². The molecule has 0 saturated heterocycles. The molecule has 0 spiro atoms. The van der Waals surface area contributed by atoms with Gasteiger partial charge in [0.1, 0.15) is 0 Å². The predicted octanol–water partition coefficient (Wildman–Crippen LogP) is 1.86. The quantitative estimate of drug-likeness (QED) is 0.766. The normalized spacial score (nSPS) is 12.5. The topological polar surface area (TPSA) is 65.5 Å². The lowest BCUT2D eigenvalue weighted by atomic mass is 10.1. The highest BCUT2D eigenvalue weighted by atomic mass is 16.4. The summed E-state index contributed by atoms with van der Waals surface area (Å²) < 4.78 is 0. The molecule has 0 aliphatic carbocycles.